The minimum absolute atomic E-state index is 0.0244. The zero-order valence-corrected chi connectivity index (χ0v) is 32.5. The van der Waals surface area contributed by atoms with Gasteiger partial charge in [-0.05, 0) is 73.5 Å². The molecule has 1 saturated heterocycles. The number of carbonyl (C=O) groups is 4. The van der Waals surface area contributed by atoms with Crippen molar-refractivity contribution in [3.8, 4) is 33.6 Å². The quantitative estimate of drug-likeness (QED) is 0.107. The molecule has 17 heteroatoms. The summed E-state index contributed by atoms with van der Waals surface area (Å²) >= 11 is 0. The number of hydrogen-bond acceptors (Lipinski definition) is 8. The van der Waals surface area contributed by atoms with E-state index in [4.69, 9.17) is 9.47 Å². The van der Waals surface area contributed by atoms with Crippen molar-refractivity contribution in [2.75, 3.05) is 27.3 Å². The van der Waals surface area contributed by atoms with Crippen LogP contribution in [0.5, 0.6) is 0 Å². The lowest BCUT2D eigenvalue weighted by Crippen LogP contribution is -2.49. The number of alkyl halides is 3. The van der Waals surface area contributed by atoms with E-state index in [0.29, 0.717) is 18.8 Å². The molecule has 2 aromatic heterocycles. The van der Waals surface area contributed by atoms with Gasteiger partial charge in [-0.3, -0.25) is 9.59 Å². The van der Waals surface area contributed by atoms with Crippen molar-refractivity contribution in [1.82, 2.24) is 40.4 Å². The number of hydrogen-bond donors (Lipinski definition) is 4. The molecule has 0 spiro atoms. The van der Waals surface area contributed by atoms with E-state index in [1.54, 1.807) is 35.4 Å². The first kappa shape index (κ1) is 40.3. The minimum Gasteiger partial charge on any atom is -0.453 e. The van der Waals surface area contributed by atoms with Crippen LogP contribution < -0.4 is 10.6 Å². The van der Waals surface area contributed by atoms with Crippen molar-refractivity contribution >= 4 is 24.0 Å². The number of methoxy groups -OCH3 is 2. The predicted octanol–water partition coefficient (Wildman–Crippen LogP) is 6.82. The number of amides is 4. The Labute approximate surface area is 333 Å². The van der Waals surface area contributed by atoms with Gasteiger partial charge in [0.15, 0.2) is 5.69 Å². The Morgan fingerprint density at radius 2 is 1.41 bits per heavy atom. The molecular weight excluding hydrogens is 757 g/mol. The molecule has 58 heavy (non-hydrogen) atoms. The number of imidazole rings is 2. The van der Waals surface area contributed by atoms with Gasteiger partial charge in [-0.1, -0.05) is 55.5 Å². The molecule has 0 radical (unpaired) electrons. The Balaban J connectivity index is 1.04. The first-order valence-corrected chi connectivity index (χ1v) is 19.6. The van der Waals surface area contributed by atoms with Gasteiger partial charge in [0, 0.05) is 18.7 Å². The highest BCUT2D eigenvalue weighted by Gasteiger charge is 2.44. The molecule has 4 amide bonds. The number of rotatable bonds is 14. The van der Waals surface area contributed by atoms with E-state index in [1.807, 2.05) is 31.2 Å². The molecule has 3 aliphatic rings. The van der Waals surface area contributed by atoms with Crippen molar-refractivity contribution in [2.45, 2.75) is 82.7 Å². The highest BCUT2D eigenvalue weighted by molar-refractivity contribution is 5.87. The van der Waals surface area contributed by atoms with E-state index < -0.39 is 42.0 Å². The van der Waals surface area contributed by atoms with Crippen molar-refractivity contribution in [1.29, 1.82) is 0 Å². The summed E-state index contributed by atoms with van der Waals surface area (Å²) in [5.74, 6) is 0.142. The van der Waals surface area contributed by atoms with Crippen LogP contribution in [0.1, 0.15) is 75.3 Å². The number of halogens is 3. The number of aromatic amines is 2. The topological polar surface area (TPSA) is 175 Å². The van der Waals surface area contributed by atoms with Crippen molar-refractivity contribution in [3.63, 3.8) is 0 Å². The van der Waals surface area contributed by atoms with Crippen molar-refractivity contribution in [3.05, 3.63) is 72.1 Å². The molecule has 2 saturated carbocycles. The average molecular weight is 805 g/mol. The zero-order valence-electron chi connectivity index (χ0n) is 32.5. The molecular formula is C41H47F3N8O6. The zero-order chi connectivity index (χ0) is 41.1. The van der Waals surface area contributed by atoms with E-state index in [-0.39, 0.29) is 54.0 Å². The summed E-state index contributed by atoms with van der Waals surface area (Å²) in [7, 11) is 2.48. The number of alkyl carbamates (subject to hydrolysis) is 2. The summed E-state index contributed by atoms with van der Waals surface area (Å²) in [4.78, 5) is 69.0. The van der Waals surface area contributed by atoms with Crippen LogP contribution in [-0.2, 0) is 31.8 Å². The van der Waals surface area contributed by atoms with Gasteiger partial charge >= 0.3 is 18.4 Å². The number of benzene rings is 2. The molecule has 308 valence electrons. The van der Waals surface area contributed by atoms with Gasteiger partial charge in [-0.15, -0.1) is 0 Å². The number of ether oxygens (including phenoxy) is 2. The van der Waals surface area contributed by atoms with Crippen molar-refractivity contribution in [2.24, 2.45) is 11.8 Å². The molecule has 4 N–H and O–H groups in total. The Hall–Kier alpha value is -5.87. The van der Waals surface area contributed by atoms with Gasteiger partial charge in [-0.25, -0.2) is 19.6 Å². The van der Waals surface area contributed by atoms with Crippen LogP contribution in [0.15, 0.2) is 54.7 Å². The average Bonchev–Trinajstić information content (AvgIpc) is 4.09. The predicted molar refractivity (Wildman–Crippen MR) is 206 cm³/mol. The van der Waals surface area contributed by atoms with Crippen LogP contribution in [0, 0.1) is 11.8 Å². The smallest absolute Gasteiger partial charge is 0.435 e. The summed E-state index contributed by atoms with van der Waals surface area (Å²) in [6.07, 6.45) is 0.934. The van der Waals surface area contributed by atoms with Gasteiger partial charge < -0.3 is 39.9 Å². The minimum atomic E-state index is -4.76. The second kappa shape index (κ2) is 16.9. The first-order valence-electron chi connectivity index (χ1n) is 19.6. The summed E-state index contributed by atoms with van der Waals surface area (Å²) in [5.41, 5.74) is 2.23. The molecule has 14 nitrogen and oxygen atoms in total. The van der Waals surface area contributed by atoms with Crippen LogP contribution in [0.25, 0.3) is 33.6 Å². The lowest BCUT2D eigenvalue weighted by Gasteiger charge is -2.28. The summed E-state index contributed by atoms with van der Waals surface area (Å²) in [6.45, 7) is 2.48. The van der Waals surface area contributed by atoms with E-state index >= 15 is 0 Å². The largest absolute Gasteiger partial charge is 0.453 e. The highest BCUT2D eigenvalue weighted by atomic mass is 19.4. The van der Waals surface area contributed by atoms with Gasteiger partial charge in [-0.2, -0.15) is 13.2 Å². The van der Waals surface area contributed by atoms with Crippen LogP contribution in [0.3, 0.4) is 0 Å². The van der Waals surface area contributed by atoms with Crippen LogP contribution >= 0.6 is 0 Å². The SMILES string of the molecule is CCCN(Cc1nc(C(F)(F)F)c(-c2ccc(-c3ccc(-c4cnc([C@@H]5CCCN5C(=O)C(NC(=O)OC)C5CC5)[nH]4)cc3)cc2)[nH]1)C(=O)C(NC(=O)OC)C1CC1. The maximum absolute atomic E-state index is 14.3. The fraction of sp³-hybridized carbons (Fsp3) is 0.463. The van der Waals surface area contributed by atoms with Crippen LogP contribution in [0.4, 0.5) is 22.8 Å². The third-order valence-electron chi connectivity index (χ3n) is 11.0. The Bertz CT molecular complexity index is 2110. The second-order valence-electron chi connectivity index (χ2n) is 15.1. The molecule has 0 bridgehead atoms. The first-order chi connectivity index (χ1) is 27.9. The fourth-order valence-electron chi connectivity index (χ4n) is 7.64. The number of nitrogens with zero attached hydrogens (tertiary/aromatic N) is 4. The van der Waals surface area contributed by atoms with E-state index in [2.05, 4.69) is 30.6 Å². The maximum Gasteiger partial charge on any atom is 0.435 e. The molecule has 2 aromatic carbocycles. The van der Waals surface area contributed by atoms with Gasteiger partial charge in [0.1, 0.15) is 23.7 Å². The number of nitrogens with one attached hydrogen (secondary N) is 4. The summed E-state index contributed by atoms with van der Waals surface area (Å²) in [5, 5.41) is 5.30. The normalized spacial score (nSPS) is 17.7. The van der Waals surface area contributed by atoms with Gasteiger partial charge in [0.2, 0.25) is 11.8 Å². The molecule has 7 rings (SSSR count). The molecule has 3 heterocycles. The van der Waals surface area contributed by atoms with E-state index in [9.17, 15) is 32.3 Å². The van der Waals surface area contributed by atoms with E-state index in [1.165, 1.54) is 19.1 Å². The fourth-order valence-corrected chi connectivity index (χ4v) is 7.64. The molecule has 4 aromatic rings. The van der Waals surface area contributed by atoms with Gasteiger partial charge in [0.05, 0.1) is 44.4 Å². The Morgan fingerprint density at radius 3 is 1.98 bits per heavy atom. The number of likely N-dealkylation sites (tertiary alicyclic amines) is 1. The summed E-state index contributed by atoms with van der Waals surface area (Å²) in [6, 6.07) is 12.6. The number of aromatic nitrogens is 4. The lowest BCUT2D eigenvalue weighted by molar-refractivity contribution is -0.140. The molecule has 3 atom stereocenters. The third kappa shape index (κ3) is 8.97. The molecule has 2 aliphatic carbocycles. The standard InChI is InChI=1S/C41H47F3N8O6/c1-4-19-51(37(53)33(27-15-16-27)49-39(55)57-2)22-31-47-32(35(48-31)41(42,43)44)26-13-9-24(10-14-26)23-7-11-25(12-8-23)29-21-45-36(46-29)30-6-5-20-52(30)38(54)34(28-17-18-28)50-40(56)58-3/h7-14,21,27-28,30,33-34H,4-6,15-20,22H2,1-3H3,(H,45,46)(H,47,48)(H,49,55)(H,50,56)/t30-,33?,34?/m0/s1. The summed E-state index contributed by atoms with van der Waals surface area (Å²) < 4.78 is 52.4. The molecule has 2 unspecified atom stereocenters. The third-order valence-corrected chi connectivity index (χ3v) is 11.0. The van der Waals surface area contributed by atoms with Crippen LogP contribution in [0.2, 0.25) is 0 Å². The van der Waals surface area contributed by atoms with Crippen molar-refractivity contribution < 1.29 is 41.8 Å². The Kier molecular flexibility index (Phi) is 11.8. The maximum atomic E-state index is 14.3. The Morgan fingerprint density at radius 1 is 0.845 bits per heavy atom. The molecule has 3 fully saturated rings. The number of H-pyrrole nitrogens is 2. The highest BCUT2D eigenvalue weighted by Crippen LogP contribution is 2.39. The van der Waals surface area contributed by atoms with Crippen LogP contribution in [-0.4, -0.2) is 93.1 Å². The molecule has 1 aliphatic heterocycles. The lowest BCUT2D eigenvalue weighted by atomic mass is 10.0. The second-order valence-corrected chi connectivity index (χ2v) is 15.1. The monoisotopic (exact) mass is 804 g/mol. The number of carbonyl (C=O) groups excluding carboxylic acids is 4. The van der Waals surface area contributed by atoms with Gasteiger partial charge in [0.25, 0.3) is 0 Å². The van der Waals surface area contributed by atoms with E-state index in [0.717, 1.165) is 60.9 Å².